The number of esters is 1. The highest BCUT2D eigenvalue weighted by atomic mass is 17.5. The minimum Gasteiger partial charge on any atom is -0.463 e. The van der Waals surface area contributed by atoms with Crippen LogP contribution >= 0.6 is 0 Å². The molecule has 0 aromatic carbocycles. The standard InChI is InChI=1S/C10H16O6/c1-5-13-8(11)6-7-9(12)14-16-15-10(2,3)4/h6-7H,5H2,1-4H3/b7-6+. The van der Waals surface area contributed by atoms with Crippen molar-refractivity contribution < 1.29 is 29.1 Å². The Morgan fingerprint density at radius 3 is 2.19 bits per heavy atom. The molecule has 0 N–H and O–H groups in total. The van der Waals surface area contributed by atoms with Crippen LogP contribution < -0.4 is 0 Å². The Kier molecular flexibility index (Phi) is 6.36. The summed E-state index contributed by atoms with van der Waals surface area (Å²) in [4.78, 5) is 30.6. The van der Waals surface area contributed by atoms with Gasteiger partial charge in [-0.05, 0) is 32.7 Å². The van der Waals surface area contributed by atoms with Crippen molar-refractivity contribution in [2.75, 3.05) is 6.61 Å². The molecular formula is C10H16O6. The first-order valence-corrected chi connectivity index (χ1v) is 4.76. The number of carbonyl (C=O) groups excluding carboxylic acids is 2. The van der Waals surface area contributed by atoms with Gasteiger partial charge in [-0.2, -0.15) is 4.89 Å². The largest absolute Gasteiger partial charge is 0.463 e. The lowest BCUT2D eigenvalue weighted by molar-refractivity contribution is -0.513. The van der Waals surface area contributed by atoms with Gasteiger partial charge in [0.1, 0.15) is 0 Å². The fourth-order valence-corrected chi connectivity index (χ4v) is 0.507. The molecule has 0 aliphatic heterocycles. The summed E-state index contributed by atoms with van der Waals surface area (Å²) in [5, 5.41) is 4.20. The molecule has 0 spiro atoms. The number of hydrogen-bond donors (Lipinski definition) is 0. The molecule has 0 aliphatic rings. The number of ether oxygens (including phenoxy) is 1. The van der Waals surface area contributed by atoms with E-state index in [0.29, 0.717) is 0 Å². The average molecular weight is 232 g/mol. The van der Waals surface area contributed by atoms with Crippen LogP contribution in [0.4, 0.5) is 0 Å². The number of carbonyl (C=O) groups is 2. The maximum atomic E-state index is 10.9. The van der Waals surface area contributed by atoms with Gasteiger partial charge in [0.2, 0.25) is 0 Å². The minimum atomic E-state index is -0.864. The maximum absolute atomic E-state index is 10.9. The first-order chi connectivity index (χ1) is 7.35. The predicted molar refractivity (Wildman–Crippen MR) is 53.8 cm³/mol. The van der Waals surface area contributed by atoms with Crippen molar-refractivity contribution in [1.82, 2.24) is 0 Å². The third-order valence-corrected chi connectivity index (χ3v) is 1.04. The van der Waals surface area contributed by atoms with E-state index >= 15 is 0 Å². The van der Waals surface area contributed by atoms with E-state index in [-0.39, 0.29) is 6.61 Å². The van der Waals surface area contributed by atoms with Gasteiger partial charge in [0, 0.05) is 12.2 Å². The Morgan fingerprint density at radius 1 is 1.12 bits per heavy atom. The predicted octanol–water partition coefficient (Wildman–Crippen LogP) is 1.31. The molecule has 6 nitrogen and oxygen atoms in total. The number of rotatable bonds is 5. The molecule has 0 heterocycles. The molecule has 92 valence electrons. The third-order valence-electron chi connectivity index (χ3n) is 1.04. The molecule has 0 amide bonds. The summed E-state index contributed by atoms with van der Waals surface area (Å²) in [5.74, 6) is -1.49. The normalized spacial score (nSPS) is 11.5. The fraction of sp³-hybridized carbons (Fsp3) is 0.600. The maximum Gasteiger partial charge on any atom is 0.369 e. The quantitative estimate of drug-likeness (QED) is 0.308. The van der Waals surface area contributed by atoms with Gasteiger partial charge in [-0.25, -0.2) is 9.59 Å². The molecule has 0 aromatic rings. The zero-order valence-electron chi connectivity index (χ0n) is 9.81. The van der Waals surface area contributed by atoms with Crippen molar-refractivity contribution in [2.24, 2.45) is 0 Å². The van der Waals surface area contributed by atoms with Crippen LogP contribution in [0.5, 0.6) is 0 Å². The molecule has 0 aliphatic carbocycles. The van der Waals surface area contributed by atoms with Crippen molar-refractivity contribution in [3.05, 3.63) is 12.2 Å². The van der Waals surface area contributed by atoms with Gasteiger partial charge in [-0.15, -0.1) is 0 Å². The lowest BCUT2D eigenvalue weighted by atomic mass is 10.2. The van der Waals surface area contributed by atoms with Crippen molar-refractivity contribution in [3.8, 4) is 0 Å². The molecule has 0 rings (SSSR count). The highest BCUT2D eigenvalue weighted by Gasteiger charge is 2.13. The van der Waals surface area contributed by atoms with Gasteiger partial charge >= 0.3 is 11.9 Å². The monoisotopic (exact) mass is 232 g/mol. The molecule has 0 saturated heterocycles. The van der Waals surface area contributed by atoms with E-state index in [9.17, 15) is 9.59 Å². The topological polar surface area (TPSA) is 71.1 Å². The Hall–Kier alpha value is -1.40. The van der Waals surface area contributed by atoms with Crippen molar-refractivity contribution in [3.63, 3.8) is 0 Å². The molecular weight excluding hydrogens is 216 g/mol. The first kappa shape index (κ1) is 14.6. The van der Waals surface area contributed by atoms with Crippen molar-refractivity contribution >= 4 is 11.9 Å². The van der Waals surface area contributed by atoms with Gasteiger partial charge < -0.3 is 4.74 Å². The first-order valence-electron chi connectivity index (χ1n) is 4.76. The molecule has 0 saturated carbocycles. The van der Waals surface area contributed by atoms with Gasteiger partial charge in [0.25, 0.3) is 0 Å². The zero-order valence-corrected chi connectivity index (χ0v) is 9.81. The highest BCUT2D eigenvalue weighted by molar-refractivity contribution is 5.91. The van der Waals surface area contributed by atoms with Crippen molar-refractivity contribution in [2.45, 2.75) is 33.3 Å². The lowest BCUT2D eigenvalue weighted by Gasteiger charge is -2.14. The Balaban J connectivity index is 3.79. The van der Waals surface area contributed by atoms with Crippen LogP contribution in [0.2, 0.25) is 0 Å². The third kappa shape index (κ3) is 9.17. The van der Waals surface area contributed by atoms with Gasteiger partial charge in [-0.1, -0.05) is 0 Å². The van der Waals surface area contributed by atoms with Crippen LogP contribution in [0.1, 0.15) is 27.7 Å². The molecule has 16 heavy (non-hydrogen) atoms. The van der Waals surface area contributed by atoms with Gasteiger partial charge in [0.05, 0.1) is 12.2 Å². The SMILES string of the molecule is CCOC(=O)/C=C/C(=O)OOOC(C)(C)C. The molecule has 0 bridgehead atoms. The summed E-state index contributed by atoms with van der Waals surface area (Å²) in [6, 6.07) is 0. The Bertz CT molecular complexity index is 263. The van der Waals surface area contributed by atoms with Crippen LogP contribution in [0.25, 0.3) is 0 Å². The molecule has 0 aromatic heterocycles. The van der Waals surface area contributed by atoms with E-state index in [1.807, 2.05) is 0 Å². The second kappa shape index (κ2) is 6.97. The lowest BCUT2D eigenvalue weighted by Crippen LogP contribution is -2.20. The van der Waals surface area contributed by atoms with E-state index in [1.165, 1.54) is 0 Å². The zero-order chi connectivity index (χ0) is 12.6. The van der Waals surface area contributed by atoms with E-state index < -0.39 is 17.5 Å². The van der Waals surface area contributed by atoms with Crippen molar-refractivity contribution in [1.29, 1.82) is 0 Å². The van der Waals surface area contributed by atoms with E-state index in [4.69, 9.17) is 0 Å². The molecule has 0 unspecified atom stereocenters. The molecule has 0 radical (unpaired) electrons. The molecule has 6 heteroatoms. The van der Waals surface area contributed by atoms with Crippen LogP contribution in [0, 0.1) is 0 Å². The Morgan fingerprint density at radius 2 is 1.69 bits per heavy atom. The van der Waals surface area contributed by atoms with E-state index in [1.54, 1.807) is 27.7 Å². The second-order valence-corrected chi connectivity index (χ2v) is 3.75. The van der Waals surface area contributed by atoms with Crippen LogP contribution in [-0.4, -0.2) is 24.1 Å². The Labute approximate surface area is 94.0 Å². The van der Waals surface area contributed by atoms with Crippen LogP contribution in [-0.2, 0) is 29.1 Å². The molecule has 0 fully saturated rings. The summed E-state index contributed by atoms with van der Waals surface area (Å²) in [5.41, 5.74) is -0.592. The van der Waals surface area contributed by atoms with Gasteiger partial charge in [0.15, 0.2) is 0 Å². The smallest absolute Gasteiger partial charge is 0.369 e. The van der Waals surface area contributed by atoms with Crippen LogP contribution in [0.15, 0.2) is 12.2 Å². The molecule has 0 atom stereocenters. The summed E-state index contributed by atoms with van der Waals surface area (Å²) in [7, 11) is 0. The van der Waals surface area contributed by atoms with Gasteiger partial charge in [-0.3, -0.25) is 4.89 Å². The average Bonchev–Trinajstić information content (AvgIpc) is 2.13. The number of hydrogen-bond acceptors (Lipinski definition) is 6. The summed E-state index contributed by atoms with van der Waals surface area (Å²) >= 11 is 0. The summed E-state index contributed by atoms with van der Waals surface area (Å²) < 4.78 is 4.55. The van der Waals surface area contributed by atoms with E-state index in [0.717, 1.165) is 12.2 Å². The summed E-state index contributed by atoms with van der Waals surface area (Å²) in [6.07, 6.45) is 1.82. The summed E-state index contributed by atoms with van der Waals surface area (Å²) in [6.45, 7) is 7.05. The highest BCUT2D eigenvalue weighted by Crippen LogP contribution is 2.07. The second-order valence-electron chi connectivity index (χ2n) is 3.75. The van der Waals surface area contributed by atoms with E-state index in [2.05, 4.69) is 19.6 Å². The fourth-order valence-electron chi connectivity index (χ4n) is 0.507. The minimum absolute atomic E-state index is 0.238. The van der Waals surface area contributed by atoms with Crippen LogP contribution in [0.3, 0.4) is 0 Å².